The standard InChI is InChI=1S/C19H13NO6/c1-11(2)19(22)26-16-8-7-12(9-14(16)20(23)24)10-17-18(21)13-5-3-4-6-15(13)25-17/h3-10H,1H2,2H3/b17-10-. The van der Waals surface area contributed by atoms with E-state index in [9.17, 15) is 19.7 Å². The Hall–Kier alpha value is -3.74. The molecule has 0 atom stereocenters. The lowest BCUT2D eigenvalue weighted by molar-refractivity contribution is -0.385. The minimum absolute atomic E-state index is 0.0622. The number of ether oxygens (including phenoxy) is 2. The molecule has 26 heavy (non-hydrogen) atoms. The maximum Gasteiger partial charge on any atom is 0.338 e. The minimum atomic E-state index is -0.760. The quantitative estimate of drug-likeness (QED) is 0.274. The van der Waals surface area contributed by atoms with Crippen molar-refractivity contribution in [2.45, 2.75) is 6.92 Å². The summed E-state index contributed by atoms with van der Waals surface area (Å²) in [6.07, 6.45) is 1.40. The molecule has 1 heterocycles. The smallest absolute Gasteiger partial charge is 0.338 e. The molecule has 3 rings (SSSR count). The Balaban J connectivity index is 1.94. The number of hydrogen-bond donors (Lipinski definition) is 0. The largest absolute Gasteiger partial charge is 0.452 e. The van der Waals surface area contributed by atoms with Crippen LogP contribution in [0.2, 0.25) is 0 Å². The topological polar surface area (TPSA) is 95.7 Å². The number of fused-ring (bicyclic) bond motifs is 1. The Kier molecular flexibility index (Phi) is 4.36. The Labute approximate surface area is 148 Å². The van der Waals surface area contributed by atoms with Crippen LogP contribution in [0, 0.1) is 10.1 Å². The van der Waals surface area contributed by atoms with Gasteiger partial charge in [-0.05, 0) is 36.8 Å². The summed E-state index contributed by atoms with van der Waals surface area (Å²) in [5.41, 5.74) is 0.508. The predicted molar refractivity (Wildman–Crippen MR) is 92.9 cm³/mol. The first-order valence-corrected chi connectivity index (χ1v) is 7.56. The van der Waals surface area contributed by atoms with Gasteiger partial charge in [-0.3, -0.25) is 14.9 Å². The molecule has 0 saturated carbocycles. The van der Waals surface area contributed by atoms with Gasteiger partial charge in [-0.15, -0.1) is 0 Å². The van der Waals surface area contributed by atoms with Crippen LogP contribution < -0.4 is 9.47 Å². The monoisotopic (exact) mass is 351 g/mol. The molecule has 2 aromatic carbocycles. The molecule has 0 amide bonds. The molecule has 0 unspecified atom stereocenters. The van der Waals surface area contributed by atoms with Gasteiger partial charge in [0.1, 0.15) is 5.75 Å². The van der Waals surface area contributed by atoms with Crippen molar-refractivity contribution in [3.8, 4) is 11.5 Å². The summed E-state index contributed by atoms with van der Waals surface area (Å²) in [5, 5.41) is 11.3. The molecule has 1 aliphatic heterocycles. The SMILES string of the molecule is C=C(C)C(=O)Oc1ccc(/C=C2\Oc3ccccc3C2=O)cc1[N+](=O)[O-]. The molecule has 1 aliphatic rings. The summed E-state index contributed by atoms with van der Waals surface area (Å²) >= 11 is 0. The van der Waals surface area contributed by atoms with Gasteiger partial charge in [-0.25, -0.2) is 4.79 Å². The number of benzene rings is 2. The van der Waals surface area contributed by atoms with E-state index in [-0.39, 0.29) is 22.9 Å². The predicted octanol–water partition coefficient (Wildman–Crippen LogP) is 3.69. The van der Waals surface area contributed by atoms with Crippen LogP contribution in [0.25, 0.3) is 6.08 Å². The molecule has 2 aromatic rings. The number of ketones is 1. The van der Waals surface area contributed by atoms with Crippen molar-refractivity contribution in [3.05, 3.63) is 81.6 Å². The van der Waals surface area contributed by atoms with E-state index in [1.165, 1.54) is 31.2 Å². The number of Topliss-reactive ketones (excluding diaryl/α,β-unsaturated/α-hetero) is 1. The number of esters is 1. The summed E-state index contributed by atoms with van der Waals surface area (Å²) in [4.78, 5) is 34.5. The molecule has 0 fully saturated rings. The first-order chi connectivity index (χ1) is 12.4. The first kappa shape index (κ1) is 17.1. The average Bonchev–Trinajstić information content (AvgIpc) is 2.92. The zero-order valence-corrected chi connectivity index (χ0v) is 13.7. The molecule has 130 valence electrons. The van der Waals surface area contributed by atoms with Gasteiger partial charge in [0.25, 0.3) is 0 Å². The van der Waals surface area contributed by atoms with E-state index in [2.05, 4.69) is 6.58 Å². The van der Waals surface area contributed by atoms with Crippen LogP contribution in [-0.4, -0.2) is 16.7 Å². The van der Waals surface area contributed by atoms with E-state index in [1.54, 1.807) is 24.3 Å². The van der Waals surface area contributed by atoms with Crippen molar-refractivity contribution in [2.75, 3.05) is 0 Å². The molecule has 7 nitrogen and oxygen atoms in total. The number of rotatable bonds is 4. The highest BCUT2D eigenvalue weighted by Crippen LogP contribution is 2.33. The molecule has 0 saturated heterocycles. The van der Waals surface area contributed by atoms with E-state index in [4.69, 9.17) is 9.47 Å². The summed E-state index contributed by atoms with van der Waals surface area (Å²) < 4.78 is 10.5. The van der Waals surface area contributed by atoms with Crippen LogP contribution in [-0.2, 0) is 4.79 Å². The third kappa shape index (κ3) is 3.23. The Bertz CT molecular complexity index is 989. The fourth-order valence-corrected chi connectivity index (χ4v) is 2.33. The van der Waals surface area contributed by atoms with Gasteiger partial charge >= 0.3 is 11.7 Å². The minimum Gasteiger partial charge on any atom is -0.452 e. The number of carbonyl (C=O) groups is 2. The third-order valence-electron chi connectivity index (χ3n) is 3.60. The highest BCUT2D eigenvalue weighted by molar-refractivity contribution is 6.14. The second kappa shape index (κ2) is 6.64. The molecular weight excluding hydrogens is 338 g/mol. The average molecular weight is 351 g/mol. The number of nitrogens with zero attached hydrogens (tertiary/aromatic N) is 1. The van der Waals surface area contributed by atoms with Crippen LogP contribution >= 0.6 is 0 Å². The van der Waals surface area contributed by atoms with Crippen molar-refractivity contribution < 1.29 is 24.0 Å². The van der Waals surface area contributed by atoms with Crippen LogP contribution in [0.4, 0.5) is 5.69 Å². The van der Waals surface area contributed by atoms with Crippen molar-refractivity contribution in [1.82, 2.24) is 0 Å². The van der Waals surface area contributed by atoms with E-state index >= 15 is 0 Å². The van der Waals surface area contributed by atoms with Crippen LogP contribution in [0.1, 0.15) is 22.8 Å². The summed E-state index contributed by atoms with van der Waals surface area (Å²) in [5.74, 6) is -0.769. The molecular formula is C19H13NO6. The zero-order chi connectivity index (χ0) is 18.8. The Morgan fingerprint density at radius 1 is 1.27 bits per heavy atom. The number of nitro benzene ring substituents is 1. The Morgan fingerprint density at radius 2 is 2.00 bits per heavy atom. The molecule has 0 bridgehead atoms. The van der Waals surface area contributed by atoms with Gasteiger partial charge in [0.05, 0.1) is 10.5 Å². The van der Waals surface area contributed by atoms with E-state index < -0.39 is 16.6 Å². The highest BCUT2D eigenvalue weighted by Gasteiger charge is 2.27. The van der Waals surface area contributed by atoms with Gasteiger partial charge < -0.3 is 9.47 Å². The lowest BCUT2D eigenvalue weighted by Gasteiger charge is -2.05. The van der Waals surface area contributed by atoms with Crippen molar-refractivity contribution in [2.24, 2.45) is 0 Å². The second-order valence-corrected chi connectivity index (χ2v) is 5.59. The van der Waals surface area contributed by atoms with E-state index in [0.29, 0.717) is 16.9 Å². The summed E-state index contributed by atoms with van der Waals surface area (Å²) in [6.45, 7) is 4.87. The second-order valence-electron chi connectivity index (χ2n) is 5.59. The summed E-state index contributed by atoms with van der Waals surface area (Å²) in [6, 6.07) is 10.7. The van der Waals surface area contributed by atoms with Crippen molar-refractivity contribution in [3.63, 3.8) is 0 Å². The van der Waals surface area contributed by atoms with Crippen LogP contribution in [0.3, 0.4) is 0 Å². The molecule has 0 N–H and O–H groups in total. The number of hydrogen-bond acceptors (Lipinski definition) is 6. The fourth-order valence-electron chi connectivity index (χ4n) is 2.33. The third-order valence-corrected chi connectivity index (χ3v) is 3.60. The number of para-hydroxylation sites is 1. The lowest BCUT2D eigenvalue weighted by Crippen LogP contribution is -2.09. The number of allylic oxidation sites excluding steroid dienone is 1. The van der Waals surface area contributed by atoms with Crippen LogP contribution in [0.15, 0.2) is 60.4 Å². The molecule has 0 radical (unpaired) electrons. The van der Waals surface area contributed by atoms with Gasteiger partial charge in [0.15, 0.2) is 5.76 Å². The number of nitro groups is 1. The maximum atomic E-state index is 12.3. The Morgan fingerprint density at radius 3 is 2.65 bits per heavy atom. The van der Waals surface area contributed by atoms with Gasteiger partial charge in [0, 0.05) is 11.6 Å². The van der Waals surface area contributed by atoms with Gasteiger partial charge in [0.2, 0.25) is 11.5 Å². The van der Waals surface area contributed by atoms with Crippen molar-refractivity contribution in [1.29, 1.82) is 0 Å². The zero-order valence-electron chi connectivity index (χ0n) is 13.7. The molecule has 0 aliphatic carbocycles. The summed E-state index contributed by atoms with van der Waals surface area (Å²) in [7, 11) is 0. The van der Waals surface area contributed by atoms with Crippen LogP contribution in [0.5, 0.6) is 11.5 Å². The molecule has 0 aromatic heterocycles. The molecule has 0 spiro atoms. The van der Waals surface area contributed by atoms with Gasteiger partial charge in [-0.2, -0.15) is 0 Å². The normalized spacial score (nSPS) is 13.9. The first-order valence-electron chi connectivity index (χ1n) is 7.56. The fraction of sp³-hybridized carbons (Fsp3) is 0.0526. The maximum absolute atomic E-state index is 12.3. The van der Waals surface area contributed by atoms with Crippen molar-refractivity contribution >= 4 is 23.5 Å². The molecule has 7 heteroatoms. The van der Waals surface area contributed by atoms with Gasteiger partial charge in [-0.1, -0.05) is 24.8 Å². The lowest BCUT2D eigenvalue weighted by atomic mass is 10.1. The number of carbonyl (C=O) groups excluding carboxylic acids is 2. The van der Waals surface area contributed by atoms with E-state index in [0.717, 1.165) is 0 Å². The highest BCUT2D eigenvalue weighted by atomic mass is 16.6. The van der Waals surface area contributed by atoms with E-state index in [1.807, 2.05) is 0 Å².